The molecule has 1 N–H and O–H groups in total. The number of amides is 1. The molecule has 0 spiro atoms. The molecular formula is C19H8B13ClF2N4O. The SMILES string of the molecule is [B]C([B])([B])c1cnc(C([B])([B])NC([B])([B])C2(F)C([B])([B])CN(C(=O)c3ccc(F)c(Cl)c3)C([B])([B])C2([B])[B])nc1. The van der Waals surface area contributed by atoms with Gasteiger partial charge in [0.2, 0.25) is 0 Å². The van der Waals surface area contributed by atoms with E-state index < -0.39 is 66.3 Å². The van der Waals surface area contributed by atoms with E-state index >= 15 is 4.39 Å². The van der Waals surface area contributed by atoms with E-state index in [0.29, 0.717) is 4.90 Å². The molecule has 1 amide bonds. The third kappa shape index (κ3) is 5.22. The molecular weight excluding hydrogens is 514 g/mol. The second-order valence-electron chi connectivity index (χ2n) is 10.0. The lowest BCUT2D eigenvalue weighted by Crippen LogP contribution is -2.84. The van der Waals surface area contributed by atoms with Gasteiger partial charge >= 0.3 is 0 Å². The highest BCUT2D eigenvalue weighted by atomic mass is 35.5. The molecule has 1 atom stereocenters. The third-order valence-electron chi connectivity index (χ3n) is 6.66. The van der Waals surface area contributed by atoms with Crippen LogP contribution in [-0.2, 0) is 10.5 Å². The van der Waals surface area contributed by atoms with Crippen LogP contribution in [0.5, 0.6) is 0 Å². The average molecular weight is 522 g/mol. The molecule has 5 nitrogen and oxygen atoms in total. The smallest absolute Gasteiger partial charge is 0.252 e. The largest absolute Gasteiger partial charge is 0.352 e. The quantitative estimate of drug-likeness (QED) is 0.404. The fourth-order valence-corrected chi connectivity index (χ4v) is 4.57. The first kappa shape index (κ1) is 33.2. The summed E-state index contributed by atoms with van der Waals surface area (Å²) < 4.78 is 30.9. The highest BCUT2D eigenvalue weighted by Gasteiger charge is 2.69. The standard InChI is InChI=1S/C19H8B13ClF2N4O/c20-13(21)6-39(11(40)7-1-2-10(34)9(33)3-7)19(31,32)17(27,28)16(13,35)18(29,30)38-15(25,26)12-36-4-8(5-37-12)14(22,23)24/h1-5,38H,6H2. The fourth-order valence-electron chi connectivity index (χ4n) is 4.39. The first-order valence-electron chi connectivity index (χ1n) is 11.2. The number of carbonyl (C=O) groups is 1. The van der Waals surface area contributed by atoms with Gasteiger partial charge in [-0.05, 0) is 39.8 Å². The normalized spacial score (nSPS) is 22.4. The Bertz CT molecular complexity index is 1310. The molecule has 0 aliphatic carbocycles. The van der Waals surface area contributed by atoms with Crippen LogP contribution in [0, 0.1) is 5.82 Å². The van der Waals surface area contributed by atoms with Crippen LogP contribution in [0.3, 0.4) is 0 Å². The molecule has 40 heavy (non-hydrogen) atoms. The summed E-state index contributed by atoms with van der Waals surface area (Å²) in [6.07, 6.45) is 2.17. The van der Waals surface area contributed by atoms with Crippen molar-refractivity contribution < 1.29 is 13.6 Å². The number of nitrogens with zero attached hydrogens (tertiary/aromatic N) is 3. The topological polar surface area (TPSA) is 58.1 Å². The summed E-state index contributed by atoms with van der Waals surface area (Å²) in [5.41, 5.74) is -3.80. The Morgan fingerprint density at radius 1 is 0.975 bits per heavy atom. The van der Waals surface area contributed by atoms with Crippen molar-refractivity contribution in [1.29, 1.82) is 0 Å². The van der Waals surface area contributed by atoms with Crippen LogP contribution in [0.4, 0.5) is 8.78 Å². The van der Waals surface area contributed by atoms with Gasteiger partial charge in [0.1, 0.15) is 11.6 Å². The monoisotopic (exact) mass is 524 g/mol. The number of likely N-dealkylation sites (tertiary alicyclic amines) is 1. The van der Waals surface area contributed by atoms with Crippen LogP contribution < -0.4 is 5.32 Å². The van der Waals surface area contributed by atoms with E-state index in [-0.39, 0.29) is 11.1 Å². The van der Waals surface area contributed by atoms with Crippen molar-refractivity contribution in [2.75, 3.05) is 6.54 Å². The highest BCUT2D eigenvalue weighted by Crippen LogP contribution is 2.63. The van der Waals surface area contributed by atoms with E-state index in [1.54, 1.807) is 0 Å². The minimum Gasteiger partial charge on any atom is -0.352 e. The molecule has 1 aromatic heterocycles. The zero-order valence-electron chi connectivity index (χ0n) is 21.0. The molecule has 2 aromatic rings. The summed E-state index contributed by atoms with van der Waals surface area (Å²) in [6.45, 7) is -0.989. The van der Waals surface area contributed by atoms with Gasteiger partial charge in [0.15, 0.2) is 0 Å². The maximum atomic E-state index is 17.2. The lowest BCUT2D eigenvalue weighted by atomic mass is 9.17. The first-order chi connectivity index (χ1) is 17.8. The van der Waals surface area contributed by atoms with E-state index in [9.17, 15) is 9.18 Å². The molecule has 1 unspecified atom stereocenters. The van der Waals surface area contributed by atoms with Crippen LogP contribution in [0.25, 0.3) is 0 Å². The molecule has 170 valence electrons. The summed E-state index contributed by atoms with van der Waals surface area (Å²) in [7, 11) is 77.9. The van der Waals surface area contributed by atoms with Gasteiger partial charge in [-0.15, -0.1) is 5.11 Å². The molecule has 26 radical (unpaired) electrons. The zero-order valence-corrected chi connectivity index (χ0v) is 21.7. The van der Waals surface area contributed by atoms with Crippen molar-refractivity contribution in [3.63, 3.8) is 0 Å². The number of rotatable bonds is 6. The van der Waals surface area contributed by atoms with Crippen LogP contribution in [0.1, 0.15) is 21.7 Å². The molecule has 2 heterocycles. The first-order valence-corrected chi connectivity index (χ1v) is 11.5. The van der Waals surface area contributed by atoms with E-state index in [4.69, 9.17) is 114 Å². The number of carbonyl (C=O) groups excluding carboxylic acids is 1. The minimum atomic E-state index is -3.63. The average Bonchev–Trinajstić information content (AvgIpc) is 2.81. The highest BCUT2D eigenvalue weighted by molar-refractivity contribution is 6.60. The molecule has 21 heteroatoms. The van der Waals surface area contributed by atoms with Crippen molar-refractivity contribution in [2.45, 2.75) is 37.2 Å². The molecule has 0 bridgehead atoms. The van der Waals surface area contributed by atoms with Gasteiger partial charge in [-0.25, -0.2) is 18.7 Å². The lowest BCUT2D eigenvalue weighted by Gasteiger charge is -2.73. The number of benzene rings is 1. The number of piperidine rings is 1. The van der Waals surface area contributed by atoms with Crippen LogP contribution in [0.2, 0.25) is 15.5 Å². The summed E-state index contributed by atoms with van der Waals surface area (Å²) in [6, 6.07) is 2.90. The van der Waals surface area contributed by atoms with Gasteiger partial charge in [-0.2, -0.15) is 0 Å². The van der Waals surface area contributed by atoms with Crippen molar-refractivity contribution in [3.8, 4) is 0 Å². The third-order valence-corrected chi connectivity index (χ3v) is 6.95. The summed E-state index contributed by atoms with van der Waals surface area (Å²) in [4.78, 5) is 21.6. The van der Waals surface area contributed by atoms with Crippen LogP contribution in [-0.4, -0.2) is 146 Å². The molecule has 1 saturated heterocycles. The van der Waals surface area contributed by atoms with Gasteiger partial charge in [-0.3, -0.25) is 4.79 Å². The Morgan fingerprint density at radius 2 is 1.50 bits per heavy atom. The Morgan fingerprint density at radius 3 is 1.98 bits per heavy atom. The Hall–Kier alpha value is -1.28. The number of nitrogens with one attached hydrogen (secondary N) is 1. The summed E-state index contributed by atoms with van der Waals surface area (Å²) >= 11 is 5.77. The van der Waals surface area contributed by atoms with Gasteiger partial charge in [0.25, 0.3) is 5.91 Å². The second-order valence-corrected chi connectivity index (χ2v) is 10.4. The number of aromatic nitrogens is 2. The van der Waals surface area contributed by atoms with E-state index in [1.165, 1.54) is 0 Å². The van der Waals surface area contributed by atoms with Crippen molar-refractivity contribution in [3.05, 3.63) is 58.4 Å². The molecule has 1 aromatic carbocycles. The Balaban J connectivity index is 2.05. The lowest BCUT2D eigenvalue weighted by molar-refractivity contribution is -0.0149. The number of alkyl halides is 1. The van der Waals surface area contributed by atoms with Gasteiger partial charge in [-0.1, -0.05) is 22.0 Å². The van der Waals surface area contributed by atoms with Gasteiger partial charge in [0.05, 0.1) is 113 Å². The molecule has 1 aliphatic rings. The van der Waals surface area contributed by atoms with Crippen molar-refractivity contribution >= 4 is 120 Å². The predicted molar refractivity (Wildman–Crippen MR) is 160 cm³/mol. The molecule has 0 saturated carbocycles. The summed E-state index contributed by atoms with van der Waals surface area (Å²) in [5.74, 6) is -2.29. The van der Waals surface area contributed by atoms with Gasteiger partial charge in [0, 0.05) is 24.5 Å². The Kier molecular flexibility index (Phi) is 8.45. The van der Waals surface area contributed by atoms with Gasteiger partial charge < -0.3 is 10.2 Å². The maximum Gasteiger partial charge on any atom is 0.252 e. The zero-order chi connectivity index (χ0) is 30.9. The molecule has 1 aliphatic heterocycles. The number of hydrogen-bond donors (Lipinski definition) is 1. The van der Waals surface area contributed by atoms with Crippen molar-refractivity contribution in [1.82, 2.24) is 20.2 Å². The fraction of sp³-hybridized carbons (Fsp3) is 0.421. The Labute approximate surface area is 254 Å². The van der Waals surface area contributed by atoms with Crippen LogP contribution >= 0.6 is 11.6 Å². The second kappa shape index (κ2) is 10.2. The predicted octanol–water partition coefficient (Wildman–Crippen LogP) is -3.33. The summed E-state index contributed by atoms with van der Waals surface area (Å²) in [5, 5.41) is -14.3. The van der Waals surface area contributed by atoms with E-state index in [0.717, 1.165) is 30.6 Å². The minimum absolute atomic E-state index is 0.0715. The van der Waals surface area contributed by atoms with Crippen molar-refractivity contribution in [2.24, 2.45) is 0 Å². The molecule has 1 fully saturated rings. The van der Waals surface area contributed by atoms with E-state index in [1.807, 2.05) is 0 Å². The number of hydrogen-bond acceptors (Lipinski definition) is 4. The molecule has 3 rings (SSSR count). The maximum absolute atomic E-state index is 17.2. The number of halogens is 3. The van der Waals surface area contributed by atoms with E-state index in [2.05, 4.69) is 15.3 Å². The van der Waals surface area contributed by atoms with Crippen LogP contribution in [0.15, 0.2) is 30.6 Å².